The summed E-state index contributed by atoms with van der Waals surface area (Å²) in [5, 5.41) is 19.1. The Labute approximate surface area is 180 Å². The van der Waals surface area contributed by atoms with E-state index in [0.29, 0.717) is 13.0 Å². The number of aryl methyl sites for hydroxylation is 1. The zero-order valence-electron chi connectivity index (χ0n) is 16.6. The fraction of sp³-hybridized carbons (Fsp3) is 0.167. The normalized spacial score (nSPS) is 11.7. The Balaban J connectivity index is 1.64. The number of aromatic nitrogens is 4. The summed E-state index contributed by atoms with van der Waals surface area (Å²) in [6.07, 6.45) is 4.18. The SMILES string of the molecule is Cc1ccc(C[C@@H](C#N)Sc2nnc(-c3cccnc3)n2Cc2ccccc2)cc1. The van der Waals surface area contributed by atoms with Crippen molar-refractivity contribution in [2.45, 2.75) is 30.3 Å². The minimum atomic E-state index is -0.256. The van der Waals surface area contributed by atoms with E-state index in [1.54, 1.807) is 12.4 Å². The number of nitriles is 1. The van der Waals surface area contributed by atoms with Gasteiger partial charge in [0.2, 0.25) is 0 Å². The van der Waals surface area contributed by atoms with Crippen LogP contribution in [0, 0.1) is 18.3 Å². The second-order valence-corrected chi connectivity index (χ2v) is 8.21. The van der Waals surface area contributed by atoms with Crippen molar-refractivity contribution in [3.63, 3.8) is 0 Å². The Bertz CT molecular complexity index is 1130. The van der Waals surface area contributed by atoms with Gasteiger partial charge >= 0.3 is 0 Å². The molecule has 0 saturated heterocycles. The third-order valence-electron chi connectivity index (χ3n) is 4.75. The van der Waals surface area contributed by atoms with Gasteiger partial charge in [0, 0.05) is 18.0 Å². The molecule has 2 aromatic carbocycles. The van der Waals surface area contributed by atoms with Gasteiger partial charge in [-0.05, 0) is 36.6 Å². The number of hydrogen-bond acceptors (Lipinski definition) is 5. The second kappa shape index (κ2) is 9.38. The molecule has 0 aliphatic rings. The third-order valence-corrected chi connectivity index (χ3v) is 5.82. The van der Waals surface area contributed by atoms with E-state index in [4.69, 9.17) is 0 Å². The number of rotatable bonds is 7. The molecule has 1 atom stereocenters. The monoisotopic (exact) mass is 411 g/mol. The average Bonchev–Trinajstić information content (AvgIpc) is 3.18. The van der Waals surface area contributed by atoms with Crippen LogP contribution in [0.15, 0.2) is 84.3 Å². The van der Waals surface area contributed by atoms with E-state index < -0.39 is 0 Å². The second-order valence-electron chi connectivity index (χ2n) is 7.04. The minimum Gasteiger partial charge on any atom is -0.297 e. The molecular weight excluding hydrogens is 390 g/mol. The van der Waals surface area contributed by atoms with E-state index in [0.717, 1.165) is 27.7 Å². The molecule has 5 nitrogen and oxygen atoms in total. The van der Waals surface area contributed by atoms with Gasteiger partial charge in [-0.15, -0.1) is 10.2 Å². The van der Waals surface area contributed by atoms with Gasteiger partial charge in [0.05, 0.1) is 12.6 Å². The largest absolute Gasteiger partial charge is 0.297 e. The van der Waals surface area contributed by atoms with Crippen molar-refractivity contribution >= 4 is 11.8 Å². The highest BCUT2D eigenvalue weighted by atomic mass is 32.2. The van der Waals surface area contributed by atoms with Gasteiger partial charge in [-0.3, -0.25) is 9.55 Å². The summed E-state index contributed by atoms with van der Waals surface area (Å²) in [4.78, 5) is 4.22. The Kier molecular flexibility index (Phi) is 6.21. The van der Waals surface area contributed by atoms with E-state index in [9.17, 15) is 5.26 Å². The number of thioether (sulfide) groups is 1. The highest BCUT2D eigenvalue weighted by molar-refractivity contribution is 8.00. The van der Waals surface area contributed by atoms with Gasteiger partial charge in [0.1, 0.15) is 5.25 Å². The molecule has 2 aromatic heterocycles. The third kappa shape index (κ3) is 4.76. The van der Waals surface area contributed by atoms with Crippen LogP contribution in [0.2, 0.25) is 0 Å². The first-order valence-corrected chi connectivity index (χ1v) is 10.6. The van der Waals surface area contributed by atoms with Gasteiger partial charge in [-0.25, -0.2) is 0 Å². The van der Waals surface area contributed by atoms with Crippen molar-refractivity contribution in [2.75, 3.05) is 0 Å². The molecule has 2 heterocycles. The molecule has 148 valence electrons. The van der Waals surface area contributed by atoms with Crippen LogP contribution in [0.3, 0.4) is 0 Å². The van der Waals surface area contributed by atoms with Gasteiger partial charge < -0.3 is 0 Å². The smallest absolute Gasteiger partial charge is 0.193 e. The number of benzene rings is 2. The van der Waals surface area contributed by atoms with Crippen molar-refractivity contribution in [3.8, 4) is 17.5 Å². The fourth-order valence-electron chi connectivity index (χ4n) is 3.17. The first kappa shape index (κ1) is 19.9. The molecule has 0 aliphatic carbocycles. The Hall–Kier alpha value is -3.43. The van der Waals surface area contributed by atoms with E-state index in [1.165, 1.54) is 17.3 Å². The number of nitrogens with zero attached hydrogens (tertiary/aromatic N) is 5. The summed E-state index contributed by atoms with van der Waals surface area (Å²) in [6.45, 7) is 2.69. The van der Waals surface area contributed by atoms with Crippen molar-refractivity contribution < 1.29 is 0 Å². The van der Waals surface area contributed by atoms with E-state index >= 15 is 0 Å². The average molecular weight is 412 g/mol. The first-order chi connectivity index (χ1) is 14.7. The number of pyridine rings is 1. The fourth-order valence-corrected chi connectivity index (χ4v) is 4.12. The van der Waals surface area contributed by atoms with Crippen LogP contribution in [0.25, 0.3) is 11.4 Å². The van der Waals surface area contributed by atoms with Gasteiger partial charge in [0.15, 0.2) is 11.0 Å². The quantitative estimate of drug-likeness (QED) is 0.404. The molecule has 0 N–H and O–H groups in total. The number of hydrogen-bond donors (Lipinski definition) is 0. The zero-order valence-corrected chi connectivity index (χ0v) is 17.5. The summed E-state index contributed by atoms with van der Waals surface area (Å²) in [5.74, 6) is 0.751. The molecule has 0 saturated carbocycles. The molecule has 0 aliphatic heterocycles. The van der Waals surface area contributed by atoms with Crippen LogP contribution in [0.5, 0.6) is 0 Å². The van der Waals surface area contributed by atoms with Crippen LogP contribution < -0.4 is 0 Å². The molecule has 0 fully saturated rings. The standard InChI is InChI=1S/C24H21N5S/c1-18-9-11-19(12-10-18)14-22(15-25)30-24-28-27-23(21-8-5-13-26-16-21)29(24)17-20-6-3-2-4-7-20/h2-13,16,22H,14,17H2,1H3/t22-/m0/s1. The van der Waals surface area contributed by atoms with Crippen LogP contribution in [0.4, 0.5) is 0 Å². The summed E-state index contributed by atoms with van der Waals surface area (Å²) in [5.41, 5.74) is 4.40. The van der Waals surface area contributed by atoms with Crippen LogP contribution in [-0.4, -0.2) is 25.0 Å². The van der Waals surface area contributed by atoms with Crippen molar-refractivity contribution in [1.29, 1.82) is 5.26 Å². The molecule has 0 amide bonds. The first-order valence-electron chi connectivity index (χ1n) is 9.72. The summed E-state index contributed by atoms with van der Waals surface area (Å²) in [6, 6.07) is 24.8. The molecule has 30 heavy (non-hydrogen) atoms. The van der Waals surface area contributed by atoms with Crippen LogP contribution in [0.1, 0.15) is 16.7 Å². The predicted molar refractivity (Wildman–Crippen MR) is 119 cm³/mol. The van der Waals surface area contributed by atoms with Crippen LogP contribution >= 0.6 is 11.8 Å². The maximum absolute atomic E-state index is 9.77. The minimum absolute atomic E-state index is 0.256. The predicted octanol–water partition coefficient (Wildman–Crippen LogP) is 4.92. The Morgan fingerprint density at radius 1 is 0.967 bits per heavy atom. The topological polar surface area (TPSA) is 67.4 Å². The molecule has 0 unspecified atom stereocenters. The van der Waals surface area contributed by atoms with Gasteiger partial charge in [0.25, 0.3) is 0 Å². The lowest BCUT2D eigenvalue weighted by molar-refractivity contribution is 0.713. The van der Waals surface area contributed by atoms with E-state index in [-0.39, 0.29) is 5.25 Å². The highest BCUT2D eigenvalue weighted by Gasteiger charge is 2.19. The Morgan fingerprint density at radius 2 is 1.77 bits per heavy atom. The zero-order chi connectivity index (χ0) is 20.8. The van der Waals surface area contributed by atoms with Crippen molar-refractivity contribution in [1.82, 2.24) is 19.7 Å². The molecule has 0 bridgehead atoms. The lowest BCUT2D eigenvalue weighted by atomic mass is 10.1. The van der Waals surface area contributed by atoms with Crippen LogP contribution in [-0.2, 0) is 13.0 Å². The molecule has 0 spiro atoms. The summed E-state index contributed by atoms with van der Waals surface area (Å²) < 4.78 is 2.07. The summed E-state index contributed by atoms with van der Waals surface area (Å²) >= 11 is 1.46. The van der Waals surface area contributed by atoms with Gasteiger partial charge in [-0.2, -0.15) is 5.26 Å². The maximum atomic E-state index is 9.77. The molecule has 4 rings (SSSR count). The van der Waals surface area contributed by atoms with Crippen molar-refractivity contribution in [2.24, 2.45) is 0 Å². The van der Waals surface area contributed by atoms with Gasteiger partial charge in [-0.1, -0.05) is 71.9 Å². The van der Waals surface area contributed by atoms with Crippen molar-refractivity contribution in [3.05, 3.63) is 95.8 Å². The molecular formula is C24H21N5S. The maximum Gasteiger partial charge on any atom is 0.193 e. The Morgan fingerprint density at radius 3 is 2.47 bits per heavy atom. The molecule has 0 radical (unpaired) electrons. The molecule has 6 heteroatoms. The lowest BCUT2D eigenvalue weighted by Crippen LogP contribution is -2.09. The lowest BCUT2D eigenvalue weighted by Gasteiger charge is -2.13. The van der Waals surface area contributed by atoms with E-state index in [2.05, 4.69) is 69.1 Å². The summed E-state index contributed by atoms with van der Waals surface area (Å²) in [7, 11) is 0. The van der Waals surface area contributed by atoms with E-state index in [1.807, 2.05) is 30.3 Å². The highest BCUT2D eigenvalue weighted by Crippen LogP contribution is 2.29. The molecule has 4 aromatic rings.